The zero-order valence-corrected chi connectivity index (χ0v) is 8.41. The van der Waals surface area contributed by atoms with Gasteiger partial charge in [-0.25, -0.2) is 8.78 Å². The number of hydrogen-bond donors (Lipinski definition) is 2. The summed E-state index contributed by atoms with van der Waals surface area (Å²) in [7, 11) is 3.43. The highest BCUT2D eigenvalue weighted by molar-refractivity contribution is 5.40. The van der Waals surface area contributed by atoms with Crippen molar-refractivity contribution in [1.82, 2.24) is 15.0 Å². The van der Waals surface area contributed by atoms with Crippen LogP contribution in [0, 0.1) is 0 Å². The van der Waals surface area contributed by atoms with Gasteiger partial charge in [-0.2, -0.15) is 15.0 Å². The van der Waals surface area contributed by atoms with Crippen molar-refractivity contribution in [1.29, 1.82) is 0 Å². The van der Waals surface area contributed by atoms with Crippen LogP contribution in [0.15, 0.2) is 0 Å². The average Bonchev–Trinajstić information content (AvgIpc) is 2.13. The largest absolute Gasteiger partial charge is 0.368 e. The highest BCUT2D eigenvalue weighted by Crippen LogP contribution is 2.09. The SMILES string of the molecule is CN(C)c1nc(N)nc(NCC(F)F)n1. The minimum Gasteiger partial charge on any atom is -0.368 e. The van der Waals surface area contributed by atoms with E-state index in [-0.39, 0.29) is 11.9 Å². The van der Waals surface area contributed by atoms with Gasteiger partial charge >= 0.3 is 0 Å². The first-order chi connectivity index (χ1) is 6.99. The molecule has 0 spiro atoms. The van der Waals surface area contributed by atoms with E-state index in [0.29, 0.717) is 5.95 Å². The second kappa shape index (κ2) is 4.67. The number of anilines is 3. The Morgan fingerprint density at radius 3 is 2.53 bits per heavy atom. The molecule has 0 amide bonds. The number of rotatable bonds is 4. The summed E-state index contributed by atoms with van der Waals surface area (Å²) in [5.41, 5.74) is 5.39. The molecule has 0 unspecified atom stereocenters. The van der Waals surface area contributed by atoms with E-state index in [4.69, 9.17) is 5.73 Å². The summed E-state index contributed by atoms with van der Waals surface area (Å²) < 4.78 is 23.8. The van der Waals surface area contributed by atoms with E-state index in [2.05, 4.69) is 20.3 Å². The first-order valence-electron chi connectivity index (χ1n) is 4.20. The second-order valence-corrected chi connectivity index (χ2v) is 2.98. The molecule has 0 aliphatic heterocycles. The smallest absolute Gasteiger partial charge is 0.255 e. The van der Waals surface area contributed by atoms with E-state index in [0.717, 1.165) is 0 Å². The van der Waals surface area contributed by atoms with Gasteiger partial charge in [0.05, 0.1) is 6.54 Å². The van der Waals surface area contributed by atoms with Crippen LogP contribution in [0.25, 0.3) is 0 Å². The van der Waals surface area contributed by atoms with Crippen molar-refractivity contribution in [2.24, 2.45) is 0 Å². The number of alkyl halides is 2. The molecular formula is C7H12F2N6. The predicted octanol–water partition coefficient (Wildman–Crippen LogP) is 0.197. The number of nitrogens with zero attached hydrogens (tertiary/aromatic N) is 4. The van der Waals surface area contributed by atoms with Crippen molar-refractivity contribution in [2.75, 3.05) is 36.6 Å². The average molecular weight is 218 g/mol. The normalized spacial score (nSPS) is 10.5. The molecule has 6 nitrogen and oxygen atoms in total. The molecule has 1 rings (SSSR count). The minimum absolute atomic E-state index is 0.00883. The third-order valence-electron chi connectivity index (χ3n) is 1.46. The van der Waals surface area contributed by atoms with Crippen LogP contribution >= 0.6 is 0 Å². The van der Waals surface area contributed by atoms with E-state index in [1.165, 1.54) is 0 Å². The summed E-state index contributed by atoms with van der Waals surface area (Å²) >= 11 is 0. The molecule has 0 aliphatic carbocycles. The Morgan fingerprint density at radius 2 is 2.00 bits per heavy atom. The van der Waals surface area contributed by atoms with Crippen LogP contribution in [0.5, 0.6) is 0 Å². The number of aromatic nitrogens is 3. The molecule has 0 bridgehead atoms. The highest BCUT2D eigenvalue weighted by Gasteiger charge is 2.07. The van der Waals surface area contributed by atoms with Crippen LogP contribution in [0.1, 0.15) is 0 Å². The number of nitrogens with two attached hydrogens (primary N) is 1. The molecule has 0 saturated heterocycles. The van der Waals surface area contributed by atoms with Crippen molar-refractivity contribution >= 4 is 17.8 Å². The Hall–Kier alpha value is -1.73. The van der Waals surface area contributed by atoms with Gasteiger partial charge < -0.3 is 16.0 Å². The quantitative estimate of drug-likeness (QED) is 0.751. The van der Waals surface area contributed by atoms with E-state index in [1.54, 1.807) is 19.0 Å². The number of nitrogens with one attached hydrogen (secondary N) is 1. The second-order valence-electron chi connectivity index (χ2n) is 2.98. The maximum Gasteiger partial charge on any atom is 0.255 e. The molecule has 1 heterocycles. The summed E-state index contributed by atoms with van der Waals surface area (Å²) in [5, 5.41) is 2.36. The van der Waals surface area contributed by atoms with Crippen LogP contribution in [0.3, 0.4) is 0 Å². The Kier molecular flexibility index (Phi) is 3.53. The van der Waals surface area contributed by atoms with E-state index in [1.807, 2.05) is 0 Å². The lowest BCUT2D eigenvalue weighted by atomic mass is 10.6. The molecule has 15 heavy (non-hydrogen) atoms. The summed E-state index contributed by atoms with van der Waals surface area (Å²) in [6.07, 6.45) is -2.47. The number of hydrogen-bond acceptors (Lipinski definition) is 6. The first-order valence-corrected chi connectivity index (χ1v) is 4.20. The number of halogens is 2. The standard InChI is InChI=1S/C7H12F2N6/c1-15(2)7-13-5(10)12-6(14-7)11-3-4(8)9/h4H,3H2,1-2H3,(H3,10,11,12,13,14). The molecular weight excluding hydrogens is 206 g/mol. The minimum atomic E-state index is -2.47. The van der Waals surface area contributed by atoms with Gasteiger partial charge in [0, 0.05) is 14.1 Å². The molecule has 0 fully saturated rings. The predicted molar refractivity (Wildman–Crippen MR) is 53.1 cm³/mol. The van der Waals surface area contributed by atoms with Crippen molar-refractivity contribution in [3.63, 3.8) is 0 Å². The molecule has 0 atom stereocenters. The fourth-order valence-corrected chi connectivity index (χ4v) is 0.828. The molecule has 0 saturated carbocycles. The van der Waals surface area contributed by atoms with Crippen molar-refractivity contribution in [3.05, 3.63) is 0 Å². The number of nitrogen functional groups attached to an aromatic ring is 1. The van der Waals surface area contributed by atoms with E-state index in [9.17, 15) is 8.78 Å². The van der Waals surface area contributed by atoms with Gasteiger partial charge in [0.25, 0.3) is 6.43 Å². The molecule has 1 aromatic heterocycles. The molecule has 84 valence electrons. The van der Waals surface area contributed by atoms with Crippen LogP contribution in [0.4, 0.5) is 26.6 Å². The highest BCUT2D eigenvalue weighted by atomic mass is 19.3. The van der Waals surface area contributed by atoms with Gasteiger partial charge in [-0.15, -0.1) is 0 Å². The zero-order valence-electron chi connectivity index (χ0n) is 8.41. The fourth-order valence-electron chi connectivity index (χ4n) is 0.828. The van der Waals surface area contributed by atoms with Crippen molar-refractivity contribution < 1.29 is 8.78 Å². The maximum atomic E-state index is 11.9. The van der Waals surface area contributed by atoms with Gasteiger partial charge in [-0.05, 0) is 0 Å². The summed E-state index contributed by atoms with van der Waals surface area (Å²) in [6, 6.07) is 0. The van der Waals surface area contributed by atoms with Gasteiger partial charge in [-0.1, -0.05) is 0 Å². The molecule has 1 aromatic rings. The van der Waals surface area contributed by atoms with Gasteiger partial charge in [0.15, 0.2) is 0 Å². The topological polar surface area (TPSA) is 80.0 Å². The maximum absolute atomic E-state index is 11.9. The first kappa shape index (κ1) is 11.3. The molecule has 0 aromatic carbocycles. The van der Waals surface area contributed by atoms with Gasteiger partial charge in [0.1, 0.15) is 0 Å². The molecule has 0 aliphatic rings. The lowest BCUT2D eigenvalue weighted by Gasteiger charge is -2.11. The molecule has 3 N–H and O–H groups in total. The van der Waals surface area contributed by atoms with E-state index < -0.39 is 13.0 Å². The lowest BCUT2D eigenvalue weighted by Crippen LogP contribution is -2.18. The van der Waals surface area contributed by atoms with Crippen molar-refractivity contribution in [2.45, 2.75) is 6.43 Å². The van der Waals surface area contributed by atoms with Crippen LogP contribution < -0.4 is 16.0 Å². The Bertz CT molecular complexity index is 329. The van der Waals surface area contributed by atoms with Crippen molar-refractivity contribution in [3.8, 4) is 0 Å². The van der Waals surface area contributed by atoms with E-state index >= 15 is 0 Å². The fraction of sp³-hybridized carbons (Fsp3) is 0.571. The third-order valence-corrected chi connectivity index (χ3v) is 1.46. The van der Waals surface area contributed by atoms with Gasteiger partial charge in [-0.3, -0.25) is 0 Å². The monoisotopic (exact) mass is 218 g/mol. The van der Waals surface area contributed by atoms with Crippen LogP contribution in [-0.2, 0) is 0 Å². The summed E-state index contributed by atoms with van der Waals surface area (Å²) in [4.78, 5) is 13.0. The lowest BCUT2D eigenvalue weighted by molar-refractivity contribution is 0.163. The zero-order chi connectivity index (χ0) is 11.4. The van der Waals surface area contributed by atoms with Crippen LogP contribution in [-0.4, -0.2) is 42.0 Å². The molecule has 0 radical (unpaired) electrons. The van der Waals surface area contributed by atoms with Gasteiger partial charge in [0.2, 0.25) is 17.8 Å². The Morgan fingerprint density at radius 1 is 1.33 bits per heavy atom. The summed E-state index contributed by atoms with van der Waals surface area (Å²) in [5.74, 6) is 0.358. The third kappa shape index (κ3) is 3.49. The Balaban J connectivity index is 2.79. The Labute approximate surface area is 85.5 Å². The summed E-state index contributed by atoms with van der Waals surface area (Å²) in [6.45, 7) is -0.518. The molecule has 8 heteroatoms. The van der Waals surface area contributed by atoms with Crippen LogP contribution in [0.2, 0.25) is 0 Å².